The molecule has 1 aliphatic heterocycles. The van der Waals surface area contributed by atoms with Crippen molar-refractivity contribution >= 4 is 23.6 Å². The third-order valence-corrected chi connectivity index (χ3v) is 3.74. The number of carbonyl (C=O) groups is 1. The molecule has 1 unspecified atom stereocenters. The van der Waals surface area contributed by atoms with Gasteiger partial charge in [-0.25, -0.2) is 0 Å². The van der Waals surface area contributed by atoms with Crippen molar-refractivity contribution in [2.75, 3.05) is 6.54 Å². The molecule has 0 bridgehead atoms. The number of benzene rings is 1. The van der Waals surface area contributed by atoms with E-state index < -0.39 is 0 Å². The molecule has 0 aliphatic carbocycles. The second kappa shape index (κ2) is 6.05. The lowest BCUT2D eigenvalue weighted by Crippen LogP contribution is -2.41. The summed E-state index contributed by atoms with van der Waals surface area (Å²) in [5, 5.41) is 0.674. The number of halogens is 1. The third-order valence-electron chi connectivity index (χ3n) is 3.40. The monoisotopic (exact) mass is 263 g/mol. The highest BCUT2D eigenvalue weighted by Crippen LogP contribution is 2.19. The van der Waals surface area contributed by atoms with Gasteiger partial charge in [0, 0.05) is 23.7 Å². The van der Waals surface area contributed by atoms with E-state index in [2.05, 4.69) is 6.92 Å². The Labute approximate surface area is 113 Å². The molecule has 1 aromatic carbocycles. The van der Waals surface area contributed by atoms with E-state index in [9.17, 15) is 4.79 Å². The number of likely N-dealkylation sites (tertiary alicyclic amines) is 1. The van der Waals surface area contributed by atoms with Crippen LogP contribution in [0.4, 0.5) is 0 Å². The van der Waals surface area contributed by atoms with Crippen molar-refractivity contribution in [3.8, 4) is 0 Å². The van der Waals surface area contributed by atoms with Gasteiger partial charge in [0.1, 0.15) is 0 Å². The predicted molar refractivity (Wildman–Crippen MR) is 75.5 cm³/mol. The number of hydrogen-bond donors (Lipinski definition) is 0. The van der Waals surface area contributed by atoms with Crippen molar-refractivity contribution in [1.82, 2.24) is 4.90 Å². The van der Waals surface area contributed by atoms with Crippen molar-refractivity contribution in [3.05, 3.63) is 40.9 Å². The fraction of sp³-hybridized carbons (Fsp3) is 0.400. The summed E-state index contributed by atoms with van der Waals surface area (Å²) < 4.78 is 0. The summed E-state index contributed by atoms with van der Waals surface area (Å²) in [5.74, 6) is 0.0853. The van der Waals surface area contributed by atoms with Crippen LogP contribution < -0.4 is 0 Å². The Morgan fingerprint density at radius 2 is 2.17 bits per heavy atom. The summed E-state index contributed by atoms with van der Waals surface area (Å²) in [6.45, 7) is 2.98. The first-order chi connectivity index (χ1) is 8.68. The number of hydrogen-bond acceptors (Lipinski definition) is 1. The Morgan fingerprint density at radius 3 is 2.89 bits per heavy atom. The number of nitrogens with zero attached hydrogens (tertiary/aromatic N) is 1. The van der Waals surface area contributed by atoms with Gasteiger partial charge in [-0.15, -0.1) is 0 Å². The Hall–Kier alpha value is -1.28. The Bertz CT molecular complexity index is 456. The smallest absolute Gasteiger partial charge is 0.246 e. The average Bonchev–Trinajstić information content (AvgIpc) is 2.38. The molecule has 1 heterocycles. The SMILES string of the molecule is CC1CCCCN1C(=O)C=Cc1ccccc1Cl. The van der Waals surface area contributed by atoms with E-state index in [4.69, 9.17) is 11.6 Å². The molecular weight excluding hydrogens is 246 g/mol. The highest BCUT2D eigenvalue weighted by molar-refractivity contribution is 6.32. The van der Waals surface area contributed by atoms with E-state index in [1.807, 2.05) is 29.2 Å². The van der Waals surface area contributed by atoms with Gasteiger partial charge >= 0.3 is 0 Å². The molecule has 18 heavy (non-hydrogen) atoms. The Balaban J connectivity index is 2.05. The summed E-state index contributed by atoms with van der Waals surface area (Å²) in [6.07, 6.45) is 6.86. The van der Waals surface area contributed by atoms with Crippen LogP contribution in [0.1, 0.15) is 31.7 Å². The highest BCUT2D eigenvalue weighted by atomic mass is 35.5. The fourth-order valence-electron chi connectivity index (χ4n) is 2.29. The minimum Gasteiger partial charge on any atom is -0.336 e. The molecule has 1 saturated heterocycles. The number of carbonyl (C=O) groups excluding carboxylic acids is 1. The molecule has 0 spiro atoms. The number of piperidine rings is 1. The lowest BCUT2D eigenvalue weighted by atomic mass is 10.0. The minimum atomic E-state index is 0.0853. The summed E-state index contributed by atoms with van der Waals surface area (Å²) >= 11 is 6.05. The Kier molecular flexibility index (Phi) is 4.43. The topological polar surface area (TPSA) is 20.3 Å². The van der Waals surface area contributed by atoms with Crippen molar-refractivity contribution < 1.29 is 4.79 Å². The zero-order valence-electron chi connectivity index (χ0n) is 10.6. The van der Waals surface area contributed by atoms with Gasteiger partial charge in [-0.05, 0) is 43.9 Å². The van der Waals surface area contributed by atoms with Crippen LogP contribution >= 0.6 is 11.6 Å². The summed E-state index contributed by atoms with van der Waals surface area (Å²) in [6, 6.07) is 7.89. The molecule has 0 saturated carbocycles. The van der Waals surface area contributed by atoms with E-state index in [-0.39, 0.29) is 5.91 Å². The van der Waals surface area contributed by atoms with Gasteiger partial charge in [-0.1, -0.05) is 29.8 Å². The van der Waals surface area contributed by atoms with Gasteiger partial charge in [-0.2, -0.15) is 0 Å². The maximum absolute atomic E-state index is 12.1. The second-order valence-electron chi connectivity index (χ2n) is 4.73. The van der Waals surface area contributed by atoms with Crippen molar-refractivity contribution in [1.29, 1.82) is 0 Å². The lowest BCUT2D eigenvalue weighted by Gasteiger charge is -2.32. The molecule has 2 nitrogen and oxygen atoms in total. The molecule has 1 aliphatic rings. The molecule has 1 amide bonds. The molecular formula is C15H18ClNO. The maximum Gasteiger partial charge on any atom is 0.246 e. The average molecular weight is 264 g/mol. The van der Waals surface area contributed by atoms with Gasteiger partial charge in [-0.3, -0.25) is 4.79 Å². The molecule has 1 atom stereocenters. The van der Waals surface area contributed by atoms with Gasteiger partial charge in [0.2, 0.25) is 5.91 Å². The summed E-state index contributed by atoms with van der Waals surface area (Å²) in [7, 11) is 0. The van der Waals surface area contributed by atoms with Crippen LogP contribution in [0, 0.1) is 0 Å². The molecule has 0 radical (unpaired) electrons. The predicted octanol–water partition coefficient (Wildman–Crippen LogP) is 3.75. The molecule has 2 rings (SSSR count). The van der Waals surface area contributed by atoms with Crippen LogP contribution in [0.5, 0.6) is 0 Å². The first-order valence-corrected chi connectivity index (χ1v) is 6.79. The van der Waals surface area contributed by atoms with E-state index in [1.165, 1.54) is 6.42 Å². The first-order valence-electron chi connectivity index (χ1n) is 6.41. The van der Waals surface area contributed by atoms with E-state index in [1.54, 1.807) is 12.2 Å². The molecule has 3 heteroatoms. The fourth-order valence-corrected chi connectivity index (χ4v) is 2.49. The Morgan fingerprint density at radius 1 is 1.39 bits per heavy atom. The van der Waals surface area contributed by atoms with Crippen molar-refractivity contribution in [3.63, 3.8) is 0 Å². The van der Waals surface area contributed by atoms with E-state index in [0.717, 1.165) is 24.9 Å². The maximum atomic E-state index is 12.1. The quantitative estimate of drug-likeness (QED) is 0.744. The van der Waals surface area contributed by atoms with Crippen LogP contribution in [0.3, 0.4) is 0 Å². The molecule has 1 aromatic rings. The normalized spacial score (nSPS) is 20.3. The van der Waals surface area contributed by atoms with Crippen LogP contribution in [0.15, 0.2) is 30.3 Å². The molecule has 0 aromatic heterocycles. The summed E-state index contributed by atoms with van der Waals surface area (Å²) in [4.78, 5) is 14.0. The standard InChI is InChI=1S/C15H18ClNO/c1-12-6-4-5-11-17(12)15(18)10-9-13-7-2-3-8-14(13)16/h2-3,7-10,12H,4-6,11H2,1H3. The minimum absolute atomic E-state index is 0.0853. The van der Waals surface area contributed by atoms with Crippen LogP contribution in [-0.4, -0.2) is 23.4 Å². The largest absolute Gasteiger partial charge is 0.336 e. The zero-order chi connectivity index (χ0) is 13.0. The van der Waals surface area contributed by atoms with E-state index in [0.29, 0.717) is 11.1 Å². The third kappa shape index (κ3) is 3.14. The molecule has 1 fully saturated rings. The van der Waals surface area contributed by atoms with Gasteiger partial charge in [0.15, 0.2) is 0 Å². The van der Waals surface area contributed by atoms with E-state index >= 15 is 0 Å². The number of rotatable bonds is 2. The first kappa shape index (κ1) is 13.2. The van der Waals surface area contributed by atoms with Gasteiger partial charge < -0.3 is 4.90 Å². The van der Waals surface area contributed by atoms with Gasteiger partial charge in [0.25, 0.3) is 0 Å². The van der Waals surface area contributed by atoms with Crippen molar-refractivity contribution in [2.45, 2.75) is 32.2 Å². The van der Waals surface area contributed by atoms with Gasteiger partial charge in [0.05, 0.1) is 0 Å². The molecule has 0 N–H and O–H groups in total. The van der Waals surface area contributed by atoms with Crippen LogP contribution in [-0.2, 0) is 4.79 Å². The van der Waals surface area contributed by atoms with Crippen molar-refractivity contribution in [2.24, 2.45) is 0 Å². The van der Waals surface area contributed by atoms with Crippen LogP contribution in [0.25, 0.3) is 6.08 Å². The second-order valence-corrected chi connectivity index (χ2v) is 5.14. The lowest BCUT2D eigenvalue weighted by molar-refractivity contribution is -0.129. The van der Waals surface area contributed by atoms with Crippen LogP contribution in [0.2, 0.25) is 5.02 Å². The zero-order valence-corrected chi connectivity index (χ0v) is 11.4. The summed E-state index contributed by atoms with van der Waals surface area (Å²) in [5.41, 5.74) is 0.886. The number of amides is 1. The highest BCUT2D eigenvalue weighted by Gasteiger charge is 2.21. The molecule has 96 valence electrons.